The van der Waals surface area contributed by atoms with Crippen molar-refractivity contribution in [3.05, 3.63) is 48.5 Å². The highest BCUT2D eigenvalue weighted by molar-refractivity contribution is 5.92. The number of hydrogen-bond donors (Lipinski definition) is 2. The normalized spacial score (nSPS) is 20.5. The van der Waals surface area contributed by atoms with Gasteiger partial charge >= 0.3 is 6.03 Å². The molecule has 0 saturated carbocycles. The number of benzene rings is 1. The van der Waals surface area contributed by atoms with Crippen molar-refractivity contribution in [3.8, 4) is 0 Å². The van der Waals surface area contributed by atoms with Crippen molar-refractivity contribution in [3.63, 3.8) is 0 Å². The number of urea groups is 1. The number of carbonyl (C=O) groups is 1. The number of nitrogens with zero attached hydrogens (tertiary/aromatic N) is 2. The number of anilines is 1. The lowest BCUT2D eigenvalue weighted by molar-refractivity contribution is -0.00204. The van der Waals surface area contributed by atoms with Gasteiger partial charge in [0, 0.05) is 43.0 Å². The van der Waals surface area contributed by atoms with Crippen molar-refractivity contribution in [2.45, 2.75) is 25.0 Å². The van der Waals surface area contributed by atoms with Gasteiger partial charge in [0.2, 0.25) is 0 Å². The van der Waals surface area contributed by atoms with Crippen LogP contribution in [-0.2, 0) is 11.8 Å². The first-order valence-corrected chi connectivity index (χ1v) is 8.33. The number of ether oxygens (including phenoxy) is 1. The predicted octanol–water partition coefficient (Wildman–Crippen LogP) is 3.21. The number of fused-ring (bicyclic) bond motifs is 1. The van der Waals surface area contributed by atoms with E-state index in [0.717, 1.165) is 29.5 Å². The summed E-state index contributed by atoms with van der Waals surface area (Å²) in [7, 11) is 1.90. The summed E-state index contributed by atoms with van der Waals surface area (Å²) in [6.07, 6.45) is 4.86. The monoisotopic (exact) mass is 340 g/mol. The SMILES string of the molecule is Cn1nccc1[C@@H]1C[C@H](NC(=O)Nc2ccc3ccoc3c2)CCO1. The van der Waals surface area contributed by atoms with Crippen molar-refractivity contribution in [1.29, 1.82) is 0 Å². The minimum Gasteiger partial charge on any atom is -0.464 e. The first-order chi connectivity index (χ1) is 12.2. The molecule has 1 aromatic carbocycles. The average Bonchev–Trinajstić information content (AvgIpc) is 3.23. The van der Waals surface area contributed by atoms with Crippen LogP contribution in [0.15, 0.2) is 47.2 Å². The van der Waals surface area contributed by atoms with Gasteiger partial charge in [0.1, 0.15) is 11.7 Å². The van der Waals surface area contributed by atoms with E-state index in [4.69, 9.17) is 9.15 Å². The third-order valence-corrected chi connectivity index (χ3v) is 4.52. The lowest BCUT2D eigenvalue weighted by atomic mass is 10.0. The predicted molar refractivity (Wildman–Crippen MR) is 93.3 cm³/mol. The molecule has 2 amide bonds. The smallest absolute Gasteiger partial charge is 0.319 e. The fourth-order valence-electron chi connectivity index (χ4n) is 3.22. The van der Waals surface area contributed by atoms with Gasteiger partial charge in [0.05, 0.1) is 12.0 Å². The standard InChI is InChI=1S/C18H20N4O3/c1-22-15(4-7-19-22)17-11-14(6-9-25-17)21-18(23)20-13-3-2-12-5-8-24-16(12)10-13/h2-5,7-8,10,14,17H,6,9,11H2,1H3,(H2,20,21,23)/t14-,17+/m1/s1. The van der Waals surface area contributed by atoms with Crippen molar-refractivity contribution in [1.82, 2.24) is 15.1 Å². The van der Waals surface area contributed by atoms with E-state index < -0.39 is 0 Å². The first kappa shape index (κ1) is 15.7. The molecule has 130 valence electrons. The van der Waals surface area contributed by atoms with Gasteiger partial charge in [0.15, 0.2) is 0 Å². The highest BCUT2D eigenvalue weighted by Crippen LogP contribution is 2.27. The van der Waals surface area contributed by atoms with Gasteiger partial charge in [-0.1, -0.05) is 0 Å². The molecule has 1 fully saturated rings. The van der Waals surface area contributed by atoms with Gasteiger partial charge in [-0.25, -0.2) is 4.79 Å². The molecular weight excluding hydrogens is 320 g/mol. The fourth-order valence-corrected chi connectivity index (χ4v) is 3.22. The first-order valence-electron chi connectivity index (χ1n) is 8.33. The van der Waals surface area contributed by atoms with Gasteiger partial charge in [-0.3, -0.25) is 4.68 Å². The minimum absolute atomic E-state index is 0.0500. The Kier molecular flexibility index (Phi) is 4.15. The molecule has 0 radical (unpaired) electrons. The van der Waals surface area contributed by atoms with Crippen LogP contribution < -0.4 is 10.6 Å². The zero-order valence-electron chi connectivity index (χ0n) is 13.9. The van der Waals surface area contributed by atoms with E-state index in [1.54, 1.807) is 12.5 Å². The lowest BCUT2D eigenvalue weighted by Crippen LogP contribution is -2.42. The summed E-state index contributed by atoms with van der Waals surface area (Å²) in [5.74, 6) is 0. The Balaban J connectivity index is 1.37. The number of rotatable bonds is 3. The molecule has 1 saturated heterocycles. The molecule has 7 heteroatoms. The summed E-state index contributed by atoms with van der Waals surface area (Å²) in [5, 5.41) is 11.1. The van der Waals surface area contributed by atoms with Gasteiger partial charge < -0.3 is 19.8 Å². The molecule has 3 aromatic rings. The zero-order chi connectivity index (χ0) is 17.2. The molecule has 2 atom stereocenters. The molecular formula is C18H20N4O3. The van der Waals surface area contributed by atoms with Crippen molar-refractivity contribution < 1.29 is 13.9 Å². The Morgan fingerprint density at radius 2 is 2.24 bits per heavy atom. The van der Waals surface area contributed by atoms with Crippen LogP contribution in [0.4, 0.5) is 10.5 Å². The molecule has 2 N–H and O–H groups in total. The lowest BCUT2D eigenvalue weighted by Gasteiger charge is -2.30. The van der Waals surface area contributed by atoms with Crippen LogP contribution in [0.3, 0.4) is 0 Å². The van der Waals surface area contributed by atoms with Crippen LogP contribution in [0.25, 0.3) is 11.0 Å². The van der Waals surface area contributed by atoms with Crippen LogP contribution in [0, 0.1) is 0 Å². The van der Waals surface area contributed by atoms with E-state index in [1.165, 1.54) is 0 Å². The largest absolute Gasteiger partial charge is 0.464 e. The summed E-state index contributed by atoms with van der Waals surface area (Å²) in [6, 6.07) is 9.27. The molecule has 4 rings (SSSR count). The maximum Gasteiger partial charge on any atom is 0.319 e. The fraction of sp³-hybridized carbons (Fsp3) is 0.333. The maximum absolute atomic E-state index is 12.3. The van der Waals surface area contributed by atoms with E-state index in [2.05, 4.69) is 15.7 Å². The summed E-state index contributed by atoms with van der Waals surface area (Å²) in [4.78, 5) is 12.3. The van der Waals surface area contributed by atoms with Crippen molar-refractivity contribution in [2.24, 2.45) is 7.05 Å². The van der Waals surface area contributed by atoms with E-state index in [1.807, 2.05) is 42.1 Å². The van der Waals surface area contributed by atoms with Gasteiger partial charge in [-0.2, -0.15) is 5.10 Å². The van der Waals surface area contributed by atoms with Crippen molar-refractivity contribution in [2.75, 3.05) is 11.9 Å². The maximum atomic E-state index is 12.3. The number of hydrogen-bond acceptors (Lipinski definition) is 4. The van der Waals surface area contributed by atoms with E-state index in [9.17, 15) is 4.79 Å². The Hall–Kier alpha value is -2.80. The van der Waals surface area contributed by atoms with Gasteiger partial charge in [-0.05, 0) is 37.1 Å². The van der Waals surface area contributed by atoms with Gasteiger partial charge in [-0.15, -0.1) is 0 Å². The van der Waals surface area contributed by atoms with Crippen LogP contribution in [0.1, 0.15) is 24.6 Å². The number of amides is 2. The third-order valence-electron chi connectivity index (χ3n) is 4.52. The third kappa shape index (κ3) is 3.36. The topological polar surface area (TPSA) is 81.3 Å². The van der Waals surface area contributed by atoms with E-state index in [0.29, 0.717) is 12.3 Å². The van der Waals surface area contributed by atoms with Crippen LogP contribution in [0.2, 0.25) is 0 Å². The number of aryl methyl sites for hydroxylation is 1. The van der Waals surface area contributed by atoms with Crippen molar-refractivity contribution >= 4 is 22.7 Å². The van der Waals surface area contributed by atoms with E-state index in [-0.39, 0.29) is 18.2 Å². The Morgan fingerprint density at radius 1 is 1.32 bits per heavy atom. The Bertz CT molecular complexity index is 885. The Morgan fingerprint density at radius 3 is 3.08 bits per heavy atom. The summed E-state index contributed by atoms with van der Waals surface area (Å²) in [5.41, 5.74) is 2.48. The molecule has 25 heavy (non-hydrogen) atoms. The second-order valence-electron chi connectivity index (χ2n) is 6.23. The molecule has 1 aliphatic heterocycles. The quantitative estimate of drug-likeness (QED) is 0.767. The molecule has 0 bridgehead atoms. The minimum atomic E-state index is -0.221. The van der Waals surface area contributed by atoms with Gasteiger partial charge in [0.25, 0.3) is 0 Å². The summed E-state index contributed by atoms with van der Waals surface area (Å²) in [6.45, 7) is 0.610. The summed E-state index contributed by atoms with van der Waals surface area (Å²) < 4.78 is 13.0. The molecule has 0 aliphatic carbocycles. The highest BCUT2D eigenvalue weighted by atomic mass is 16.5. The molecule has 0 unspecified atom stereocenters. The molecule has 1 aliphatic rings. The number of aromatic nitrogens is 2. The number of furan rings is 1. The van der Waals surface area contributed by atoms with Crippen LogP contribution in [0.5, 0.6) is 0 Å². The highest BCUT2D eigenvalue weighted by Gasteiger charge is 2.26. The molecule has 0 spiro atoms. The molecule has 2 aromatic heterocycles. The summed E-state index contributed by atoms with van der Waals surface area (Å²) >= 11 is 0. The second-order valence-corrected chi connectivity index (χ2v) is 6.23. The second kappa shape index (κ2) is 6.60. The average molecular weight is 340 g/mol. The van der Waals surface area contributed by atoms with E-state index >= 15 is 0 Å². The Labute approximate surface area is 144 Å². The number of carbonyl (C=O) groups excluding carboxylic acids is 1. The number of nitrogens with one attached hydrogen (secondary N) is 2. The molecule has 7 nitrogen and oxygen atoms in total. The van der Waals surface area contributed by atoms with Crippen LogP contribution >= 0.6 is 0 Å². The van der Waals surface area contributed by atoms with Crippen LogP contribution in [-0.4, -0.2) is 28.5 Å². The molecule has 3 heterocycles. The zero-order valence-corrected chi connectivity index (χ0v) is 13.9.